The Morgan fingerprint density at radius 2 is 1.86 bits per heavy atom. The molecule has 3 rings (SSSR count). The molecule has 0 aliphatic carbocycles. The molecule has 3 N–H and O–H groups in total. The number of benzene rings is 1. The molecular formula is C12H13N7O2S. The molecule has 0 aliphatic rings. The number of nitrogens with one attached hydrogen (secondary N) is 1. The van der Waals surface area contributed by atoms with Crippen LogP contribution in [0.2, 0.25) is 0 Å². The minimum atomic E-state index is -3.71. The van der Waals surface area contributed by atoms with Gasteiger partial charge >= 0.3 is 0 Å². The Morgan fingerprint density at radius 3 is 2.50 bits per heavy atom. The molecule has 3 aromatic rings. The van der Waals surface area contributed by atoms with Crippen LogP contribution in [-0.4, -0.2) is 33.4 Å². The number of aromatic nitrogens is 5. The molecule has 0 unspecified atom stereocenters. The quantitative estimate of drug-likeness (QED) is 0.717. The monoisotopic (exact) mass is 319 g/mol. The van der Waals surface area contributed by atoms with Crippen LogP contribution in [0.3, 0.4) is 0 Å². The lowest BCUT2D eigenvalue weighted by Crippen LogP contribution is -2.11. The van der Waals surface area contributed by atoms with Crippen LogP contribution in [0.1, 0.15) is 5.69 Å². The van der Waals surface area contributed by atoms with Crippen molar-refractivity contribution >= 4 is 32.8 Å². The number of primary sulfonamides is 1. The van der Waals surface area contributed by atoms with Crippen molar-refractivity contribution in [3.05, 3.63) is 30.0 Å². The summed E-state index contributed by atoms with van der Waals surface area (Å²) < 4.78 is 24.0. The summed E-state index contributed by atoms with van der Waals surface area (Å²) in [5.41, 5.74) is 2.61. The molecule has 0 atom stereocenters. The molecule has 0 saturated carbocycles. The van der Waals surface area contributed by atoms with Gasteiger partial charge in [-0.15, -0.1) is 10.2 Å². The van der Waals surface area contributed by atoms with Crippen molar-refractivity contribution in [1.82, 2.24) is 25.0 Å². The van der Waals surface area contributed by atoms with E-state index in [1.54, 1.807) is 23.9 Å². The number of aryl methyl sites for hydroxylation is 2. The number of anilines is 2. The topological polar surface area (TPSA) is 129 Å². The Labute approximate surface area is 126 Å². The Balaban J connectivity index is 1.91. The van der Waals surface area contributed by atoms with Crippen molar-refractivity contribution in [1.29, 1.82) is 0 Å². The van der Waals surface area contributed by atoms with Gasteiger partial charge < -0.3 is 5.32 Å². The number of nitrogens with two attached hydrogens (primary N) is 1. The van der Waals surface area contributed by atoms with Crippen LogP contribution in [0.15, 0.2) is 29.2 Å². The highest BCUT2D eigenvalue weighted by Gasteiger charge is 2.11. The lowest BCUT2D eigenvalue weighted by molar-refractivity contribution is 0.598. The van der Waals surface area contributed by atoms with E-state index in [9.17, 15) is 8.42 Å². The van der Waals surface area contributed by atoms with Crippen molar-refractivity contribution in [2.24, 2.45) is 12.2 Å². The molecule has 10 heteroatoms. The summed E-state index contributed by atoms with van der Waals surface area (Å²) in [5, 5.41) is 20.3. The Hall–Kier alpha value is -2.59. The molecule has 22 heavy (non-hydrogen) atoms. The number of sulfonamides is 1. The molecule has 114 valence electrons. The Bertz CT molecular complexity index is 948. The van der Waals surface area contributed by atoms with Crippen molar-refractivity contribution in [3.63, 3.8) is 0 Å². The van der Waals surface area contributed by atoms with Crippen molar-refractivity contribution in [3.8, 4) is 0 Å². The van der Waals surface area contributed by atoms with E-state index in [0.29, 0.717) is 22.8 Å². The van der Waals surface area contributed by atoms with Gasteiger partial charge in [0.1, 0.15) is 5.52 Å². The number of rotatable bonds is 3. The summed E-state index contributed by atoms with van der Waals surface area (Å²) in [6.07, 6.45) is 0. The van der Waals surface area contributed by atoms with Crippen LogP contribution >= 0.6 is 0 Å². The lowest BCUT2D eigenvalue weighted by Gasteiger charge is -2.05. The highest BCUT2D eigenvalue weighted by Crippen LogP contribution is 2.18. The zero-order valence-corrected chi connectivity index (χ0v) is 12.7. The van der Waals surface area contributed by atoms with Gasteiger partial charge in [-0.25, -0.2) is 23.2 Å². The molecule has 0 spiro atoms. The molecule has 0 amide bonds. The first-order valence-corrected chi connectivity index (χ1v) is 7.83. The summed E-state index contributed by atoms with van der Waals surface area (Å²) >= 11 is 0. The van der Waals surface area contributed by atoms with Gasteiger partial charge in [0.15, 0.2) is 5.65 Å². The normalized spacial score (nSPS) is 11.8. The van der Waals surface area contributed by atoms with E-state index in [4.69, 9.17) is 5.14 Å². The molecule has 0 aliphatic heterocycles. The van der Waals surface area contributed by atoms with E-state index >= 15 is 0 Å². The second kappa shape index (κ2) is 5.00. The summed E-state index contributed by atoms with van der Waals surface area (Å²) in [6, 6.07) is 5.95. The fourth-order valence-corrected chi connectivity index (χ4v) is 2.53. The maximum Gasteiger partial charge on any atom is 0.247 e. The summed E-state index contributed by atoms with van der Waals surface area (Å²) in [5.74, 6) is 0.298. The molecule has 0 fully saturated rings. The predicted molar refractivity (Wildman–Crippen MR) is 79.9 cm³/mol. The molecule has 9 nitrogen and oxygen atoms in total. The van der Waals surface area contributed by atoms with Crippen LogP contribution in [0.4, 0.5) is 11.6 Å². The van der Waals surface area contributed by atoms with E-state index in [1.807, 2.05) is 6.92 Å². The fraction of sp³-hybridized carbons (Fsp3) is 0.167. The number of hydrogen-bond donors (Lipinski definition) is 2. The van der Waals surface area contributed by atoms with Crippen LogP contribution in [0.5, 0.6) is 0 Å². The van der Waals surface area contributed by atoms with Crippen LogP contribution < -0.4 is 10.5 Å². The molecule has 1 aromatic carbocycles. The van der Waals surface area contributed by atoms with E-state index in [0.717, 1.165) is 5.69 Å². The van der Waals surface area contributed by atoms with Gasteiger partial charge in [-0.05, 0) is 31.2 Å². The third-order valence-electron chi connectivity index (χ3n) is 3.06. The summed E-state index contributed by atoms with van der Waals surface area (Å²) in [4.78, 5) is 4.39. The largest absolute Gasteiger partial charge is 0.323 e. The van der Waals surface area contributed by atoms with Gasteiger partial charge in [0.25, 0.3) is 0 Å². The van der Waals surface area contributed by atoms with E-state index in [1.165, 1.54) is 12.1 Å². The molecule has 2 heterocycles. The van der Waals surface area contributed by atoms with E-state index in [-0.39, 0.29) is 4.90 Å². The van der Waals surface area contributed by atoms with Gasteiger partial charge in [0.05, 0.1) is 10.6 Å². The molecular weight excluding hydrogens is 306 g/mol. The maximum absolute atomic E-state index is 11.2. The second-order valence-corrected chi connectivity index (χ2v) is 6.27. The number of fused-ring (bicyclic) bond motifs is 1. The average molecular weight is 319 g/mol. The highest BCUT2D eigenvalue weighted by atomic mass is 32.2. The summed E-state index contributed by atoms with van der Waals surface area (Å²) in [7, 11) is -1.94. The predicted octanol–water partition coefficient (Wildman–Crippen LogP) is 0.458. The van der Waals surface area contributed by atoms with E-state index in [2.05, 4.69) is 25.6 Å². The van der Waals surface area contributed by atoms with Gasteiger partial charge in [0.2, 0.25) is 16.0 Å². The van der Waals surface area contributed by atoms with Crippen molar-refractivity contribution < 1.29 is 8.42 Å². The minimum absolute atomic E-state index is 0.0376. The molecule has 0 bridgehead atoms. The molecule has 0 radical (unpaired) electrons. The van der Waals surface area contributed by atoms with Crippen LogP contribution in [0, 0.1) is 6.92 Å². The number of nitrogens with zero attached hydrogens (tertiary/aromatic N) is 5. The van der Waals surface area contributed by atoms with Crippen molar-refractivity contribution in [2.45, 2.75) is 11.8 Å². The Kier molecular flexibility index (Phi) is 3.26. The van der Waals surface area contributed by atoms with Crippen LogP contribution in [-0.2, 0) is 17.1 Å². The van der Waals surface area contributed by atoms with Crippen LogP contribution in [0.25, 0.3) is 11.2 Å². The SMILES string of the molecule is Cc1nn(C)c2nnc(Nc3ccc(S(N)(=O)=O)cc3)nc12. The minimum Gasteiger partial charge on any atom is -0.323 e. The number of hydrogen-bond acceptors (Lipinski definition) is 7. The standard InChI is InChI=1S/C12H13N7O2S/c1-7-10-11(19(2)18-7)16-17-12(15-10)14-8-3-5-9(6-4-8)22(13,20)21/h3-6H,1-2H3,(H2,13,20,21)(H,14,15,17). The average Bonchev–Trinajstić information content (AvgIpc) is 2.73. The smallest absolute Gasteiger partial charge is 0.247 e. The molecule has 2 aromatic heterocycles. The zero-order chi connectivity index (χ0) is 15.9. The van der Waals surface area contributed by atoms with Gasteiger partial charge in [-0.2, -0.15) is 5.10 Å². The molecule has 0 saturated heterocycles. The van der Waals surface area contributed by atoms with Gasteiger partial charge in [-0.3, -0.25) is 0 Å². The highest BCUT2D eigenvalue weighted by molar-refractivity contribution is 7.89. The maximum atomic E-state index is 11.2. The van der Waals surface area contributed by atoms with Gasteiger partial charge in [-0.1, -0.05) is 0 Å². The zero-order valence-electron chi connectivity index (χ0n) is 11.8. The fourth-order valence-electron chi connectivity index (χ4n) is 2.01. The van der Waals surface area contributed by atoms with Gasteiger partial charge in [0, 0.05) is 12.7 Å². The third kappa shape index (κ3) is 2.61. The van der Waals surface area contributed by atoms with Crippen molar-refractivity contribution in [2.75, 3.05) is 5.32 Å². The second-order valence-electron chi connectivity index (χ2n) is 4.71. The lowest BCUT2D eigenvalue weighted by atomic mass is 10.3. The summed E-state index contributed by atoms with van der Waals surface area (Å²) in [6.45, 7) is 1.84. The Morgan fingerprint density at radius 1 is 1.18 bits per heavy atom. The third-order valence-corrected chi connectivity index (χ3v) is 3.99. The first-order chi connectivity index (χ1) is 10.3. The van der Waals surface area contributed by atoms with E-state index < -0.39 is 10.0 Å². The first-order valence-electron chi connectivity index (χ1n) is 6.28. The first kappa shape index (κ1) is 14.4.